The Kier molecular flexibility index (Phi) is 7.66. The van der Waals surface area contributed by atoms with E-state index in [9.17, 15) is 4.79 Å². The van der Waals surface area contributed by atoms with Crippen LogP contribution in [-0.2, 0) is 17.9 Å². The summed E-state index contributed by atoms with van der Waals surface area (Å²) in [5, 5.41) is 7.91. The maximum atomic E-state index is 12.4. The maximum absolute atomic E-state index is 12.4. The number of rotatable bonds is 8. The molecule has 3 aromatic carbocycles. The van der Waals surface area contributed by atoms with Crippen molar-refractivity contribution in [2.24, 2.45) is 0 Å². The number of amides is 1. The van der Waals surface area contributed by atoms with Gasteiger partial charge in [0.1, 0.15) is 5.82 Å². The SMILES string of the molecule is O=C(CN1CCN(Cn2nc(Cc3ccccc3)n(-c3ccccc3)c2=S)CC1)Nc1ccccc1. The fourth-order valence-electron chi connectivity index (χ4n) is 4.48. The Bertz CT molecular complexity index is 1330. The van der Waals surface area contributed by atoms with Gasteiger partial charge >= 0.3 is 0 Å². The van der Waals surface area contributed by atoms with E-state index in [4.69, 9.17) is 17.3 Å². The van der Waals surface area contributed by atoms with E-state index in [0.717, 1.165) is 43.4 Å². The Morgan fingerprint density at radius 1 is 0.806 bits per heavy atom. The topological polar surface area (TPSA) is 58.3 Å². The lowest BCUT2D eigenvalue weighted by Gasteiger charge is -2.33. The summed E-state index contributed by atoms with van der Waals surface area (Å²) in [7, 11) is 0. The van der Waals surface area contributed by atoms with E-state index in [2.05, 4.69) is 43.9 Å². The zero-order valence-electron chi connectivity index (χ0n) is 20.2. The first-order valence-corrected chi connectivity index (χ1v) is 12.6. The minimum atomic E-state index is 0.0176. The molecule has 1 aliphatic heterocycles. The number of carbonyl (C=O) groups excluding carboxylic acids is 1. The van der Waals surface area contributed by atoms with Gasteiger partial charge in [-0.15, -0.1) is 0 Å². The monoisotopic (exact) mass is 498 g/mol. The number of carbonyl (C=O) groups is 1. The molecule has 184 valence electrons. The minimum Gasteiger partial charge on any atom is -0.325 e. The van der Waals surface area contributed by atoms with E-state index >= 15 is 0 Å². The molecular formula is C28H30N6OS. The number of piperazine rings is 1. The van der Waals surface area contributed by atoms with Crippen LogP contribution in [0.1, 0.15) is 11.4 Å². The lowest BCUT2D eigenvalue weighted by atomic mass is 10.1. The molecule has 0 bridgehead atoms. The number of para-hydroxylation sites is 2. The molecule has 7 nitrogen and oxygen atoms in total. The third kappa shape index (κ3) is 5.96. The van der Waals surface area contributed by atoms with Crippen molar-refractivity contribution in [1.29, 1.82) is 0 Å². The van der Waals surface area contributed by atoms with Crippen molar-refractivity contribution in [2.45, 2.75) is 13.1 Å². The first-order valence-electron chi connectivity index (χ1n) is 12.2. The summed E-state index contributed by atoms with van der Waals surface area (Å²) in [6.07, 6.45) is 0.705. The molecule has 2 heterocycles. The molecule has 1 fully saturated rings. The quantitative estimate of drug-likeness (QED) is 0.369. The molecular weight excluding hydrogens is 468 g/mol. The van der Waals surface area contributed by atoms with Gasteiger partial charge in [0.25, 0.3) is 0 Å². The van der Waals surface area contributed by atoms with Crippen LogP contribution in [0.5, 0.6) is 0 Å². The Balaban J connectivity index is 1.24. The van der Waals surface area contributed by atoms with Gasteiger partial charge in [0.15, 0.2) is 0 Å². The van der Waals surface area contributed by atoms with Gasteiger partial charge in [0.2, 0.25) is 10.7 Å². The van der Waals surface area contributed by atoms with Gasteiger partial charge in [-0.2, -0.15) is 5.10 Å². The third-order valence-electron chi connectivity index (χ3n) is 6.35. The second kappa shape index (κ2) is 11.4. The van der Waals surface area contributed by atoms with Crippen LogP contribution in [0, 0.1) is 4.77 Å². The summed E-state index contributed by atoms with van der Waals surface area (Å²) in [6, 6.07) is 30.1. The Morgan fingerprint density at radius 3 is 2.06 bits per heavy atom. The molecule has 0 spiro atoms. The number of hydrogen-bond acceptors (Lipinski definition) is 5. The van der Waals surface area contributed by atoms with E-state index in [0.29, 0.717) is 24.4 Å². The molecule has 0 aliphatic carbocycles. The van der Waals surface area contributed by atoms with Crippen LogP contribution in [0.3, 0.4) is 0 Å². The number of anilines is 1. The van der Waals surface area contributed by atoms with E-state index in [1.807, 2.05) is 71.4 Å². The predicted molar refractivity (Wildman–Crippen MR) is 145 cm³/mol. The Labute approximate surface area is 216 Å². The first kappa shape index (κ1) is 24.1. The standard InChI is InChI=1S/C28H30N6OS/c35-27(29-24-12-6-2-7-13-24)21-31-16-18-32(19-17-31)22-33-28(36)34(25-14-8-3-9-15-25)26(30-33)20-23-10-4-1-5-11-23/h1-15H,16-22H2,(H,29,35). The highest BCUT2D eigenvalue weighted by atomic mass is 32.1. The lowest BCUT2D eigenvalue weighted by Crippen LogP contribution is -2.49. The second-order valence-electron chi connectivity index (χ2n) is 8.98. The van der Waals surface area contributed by atoms with Crippen molar-refractivity contribution >= 4 is 23.8 Å². The van der Waals surface area contributed by atoms with Crippen molar-refractivity contribution in [3.8, 4) is 5.69 Å². The van der Waals surface area contributed by atoms with Crippen LogP contribution >= 0.6 is 12.2 Å². The van der Waals surface area contributed by atoms with Crippen LogP contribution < -0.4 is 5.32 Å². The molecule has 1 aliphatic rings. The highest BCUT2D eigenvalue weighted by molar-refractivity contribution is 7.71. The maximum Gasteiger partial charge on any atom is 0.238 e. The van der Waals surface area contributed by atoms with Gasteiger partial charge in [0.05, 0.1) is 13.2 Å². The average Bonchev–Trinajstić information content (AvgIpc) is 3.21. The smallest absolute Gasteiger partial charge is 0.238 e. The molecule has 1 saturated heterocycles. The van der Waals surface area contributed by atoms with Crippen LogP contribution in [0.15, 0.2) is 91.0 Å². The van der Waals surface area contributed by atoms with E-state index in [1.54, 1.807) is 0 Å². The highest BCUT2D eigenvalue weighted by Gasteiger charge is 2.21. The molecule has 1 N–H and O–H groups in total. The average molecular weight is 499 g/mol. The summed E-state index contributed by atoms with van der Waals surface area (Å²) in [5.74, 6) is 0.942. The largest absolute Gasteiger partial charge is 0.325 e. The lowest BCUT2D eigenvalue weighted by molar-refractivity contribution is -0.117. The van der Waals surface area contributed by atoms with E-state index in [1.165, 1.54) is 5.56 Å². The molecule has 1 amide bonds. The normalized spacial score (nSPS) is 14.6. The van der Waals surface area contributed by atoms with Crippen molar-refractivity contribution in [3.05, 3.63) is 107 Å². The number of benzene rings is 3. The van der Waals surface area contributed by atoms with Gasteiger partial charge < -0.3 is 5.32 Å². The molecule has 0 saturated carbocycles. The third-order valence-corrected chi connectivity index (χ3v) is 6.74. The summed E-state index contributed by atoms with van der Waals surface area (Å²) < 4.78 is 4.70. The van der Waals surface area contributed by atoms with Crippen LogP contribution in [0.4, 0.5) is 5.69 Å². The number of hydrogen-bond donors (Lipinski definition) is 1. The fraction of sp³-hybridized carbons (Fsp3) is 0.250. The number of aromatic nitrogens is 3. The van der Waals surface area contributed by atoms with E-state index < -0.39 is 0 Å². The molecule has 36 heavy (non-hydrogen) atoms. The van der Waals surface area contributed by atoms with Crippen molar-refractivity contribution in [3.63, 3.8) is 0 Å². The molecule has 8 heteroatoms. The summed E-state index contributed by atoms with van der Waals surface area (Å²) in [4.78, 5) is 17.0. The van der Waals surface area contributed by atoms with Gasteiger partial charge in [0, 0.05) is 44.0 Å². The summed E-state index contributed by atoms with van der Waals surface area (Å²) in [5.41, 5.74) is 3.05. The molecule has 5 rings (SSSR count). The van der Waals surface area contributed by atoms with Crippen molar-refractivity contribution in [2.75, 3.05) is 38.0 Å². The van der Waals surface area contributed by atoms with Gasteiger partial charge in [-0.25, -0.2) is 4.68 Å². The van der Waals surface area contributed by atoms with Crippen molar-refractivity contribution in [1.82, 2.24) is 24.1 Å². The highest BCUT2D eigenvalue weighted by Crippen LogP contribution is 2.17. The van der Waals surface area contributed by atoms with Gasteiger partial charge in [-0.3, -0.25) is 19.2 Å². The molecule has 0 atom stereocenters. The number of nitrogens with one attached hydrogen (secondary N) is 1. The Morgan fingerprint density at radius 2 is 1.39 bits per heavy atom. The van der Waals surface area contributed by atoms with Gasteiger partial charge in [-0.1, -0.05) is 66.7 Å². The predicted octanol–water partition coefficient (Wildman–Crippen LogP) is 4.21. The van der Waals surface area contributed by atoms with Crippen molar-refractivity contribution < 1.29 is 4.79 Å². The molecule has 0 radical (unpaired) electrons. The molecule has 0 unspecified atom stereocenters. The second-order valence-corrected chi connectivity index (χ2v) is 9.35. The molecule has 1 aromatic heterocycles. The van der Waals surface area contributed by atoms with Crippen LogP contribution in [0.2, 0.25) is 0 Å². The van der Waals surface area contributed by atoms with Crippen LogP contribution in [-0.4, -0.2) is 62.8 Å². The van der Waals surface area contributed by atoms with E-state index in [-0.39, 0.29) is 5.91 Å². The molecule has 4 aromatic rings. The summed E-state index contributed by atoms with van der Waals surface area (Å²) >= 11 is 5.90. The zero-order valence-corrected chi connectivity index (χ0v) is 21.0. The summed E-state index contributed by atoms with van der Waals surface area (Å²) in [6.45, 7) is 4.38. The van der Waals surface area contributed by atoms with Gasteiger partial charge in [-0.05, 0) is 42.0 Å². The van der Waals surface area contributed by atoms with Crippen LogP contribution in [0.25, 0.3) is 5.69 Å². The fourth-order valence-corrected chi connectivity index (χ4v) is 4.79. The first-order chi connectivity index (χ1) is 17.7. The Hall–Kier alpha value is -3.59. The zero-order chi connectivity index (χ0) is 24.7. The number of nitrogens with zero attached hydrogens (tertiary/aromatic N) is 5. The minimum absolute atomic E-state index is 0.0176.